The predicted octanol–water partition coefficient (Wildman–Crippen LogP) is 2.52. The van der Waals surface area contributed by atoms with E-state index in [9.17, 15) is 0 Å². The van der Waals surface area contributed by atoms with Gasteiger partial charge in [-0.15, -0.1) is 0 Å². The highest BCUT2D eigenvalue weighted by Gasteiger charge is 2.20. The van der Waals surface area contributed by atoms with Gasteiger partial charge in [0.15, 0.2) is 0 Å². The fourth-order valence-corrected chi connectivity index (χ4v) is 3.48. The summed E-state index contributed by atoms with van der Waals surface area (Å²) in [6.45, 7) is 4.11. The zero-order chi connectivity index (χ0) is 12.8. The summed E-state index contributed by atoms with van der Waals surface area (Å²) in [6.07, 6.45) is 4.39. The number of rotatable bonds is 6. The van der Waals surface area contributed by atoms with Gasteiger partial charge in [0, 0.05) is 37.3 Å². The first-order chi connectivity index (χ1) is 8.81. The SMILES string of the molecule is CCCNCc1cc(N(C)C2CCSC2)ccn1. The monoisotopic (exact) mass is 265 g/mol. The highest BCUT2D eigenvalue weighted by atomic mass is 32.2. The third kappa shape index (κ3) is 3.62. The summed E-state index contributed by atoms with van der Waals surface area (Å²) in [6, 6.07) is 5.02. The normalized spacial score (nSPS) is 19.1. The van der Waals surface area contributed by atoms with Crippen LogP contribution in [0.3, 0.4) is 0 Å². The van der Waals surface area contributed by atoms with E-state index in [-0.39, 0.29) is 0 Å². The minimum Gasteiger partial charge on any atom is -0.371 e. The van der Waals surface area contributed by atoms with Crippen molar-refractivity contribution in [1.82, 2.24) is 10.3 Å². The summed E-state index contributed by atoms with van der Waals surface area (Å²) >= 11 is 2.06. The molecule has 0 spiro atoms. The van der Waals surface area contributed by atoms with Crippen LogP contribution in [0.4, 0.5) is 5.69 Å². The van der Waals surface area contributed by atoms with E-state index >= 15 is 0 Å². The van der Waals surface area contributed by atoms with Crippen molar-refractivity contribution in [2.75, 3.05) is 30.0 Å². The molecule has 0 bridgehead atoms. The molecule has 4 heteroatoms. The molecule has 1 aliphatic heterocycles. The summed E-state index contributed by atoms with van der Waals surface area (Å²) in [5, 5.41) is 3.40. The van der Waals surface area contributed by atoms with Crippen LogP contribution in [0, 0.1) is 0 Å². The average molecular weight is 265 g/mol. The van der Waals surface area contributed by atoms with Crippen molar-refractivity contribution in [3.8, 4) is 0 Å². The fourth-order valence-electron chi connectivity index (χ4n) is 2.21. The Morgan fingerprint density at radius 2 is 2.44 bits per heavy atom. The van der Waals surface area contributed by atoms with Gasteiger partial charge >= 0.3 is 0 Å². The van der Waals surface area contributed by atoms with E-state index in [1.54, 1.807) is 0 Å². The first-order valence-electron chi connectivity index (χ1n) is 6.77. The molecular formula is C14H23N3S. The maximum atomic E-state index is 4.43. The maximum absolute atomic E-state index is 4.43. The van der Waals surface area contributed by atoms with Crippen LogP contribution in [-0.4, -0.2) is 36.1 Å². The van der Waals surface area contributed by atoms with Gasteiger partial charge in [-0.05, 0) is 37.3 Å². The van der Waals surface area contributed by atoms with E-state index in [2.05, 4.69) is 53.1 Å². The highest BCUT2D eigenvalue weighted by Crippen LogP contribution is 2.25. The van der Waals surface area contributed by atoms with E-state index in [0.717, 1.165) is 18.8 Å². The van der Waals surface area contributed by atoms with Crippen molar-refractivity contribution < 1.29 is 0 Å². The zero-order valence-electron chi connectivity index (χ0n) is 11.4. The molecule has 0 aliphatic carbocycles. The van der Waals surface area contributed by atoms with E-state index in [0.29, 0.717) is 6.04 Å². The van der Waals surface area contributed by atoms with Crippen molar-refractivity contribution in [2.24, 2.45) is 0 Å². The standard InChI is InChI=1S/C14H23N3S/c1-3-6-15-10-12-9-13(4-7-16-12)17(2)14-5-8-18-11-14/h4,7,9,14-15H,3,5-6,8,10-11H2,1-2H3. The molecule has 0 radical (unpaired) electrons. The number of nitrogens with zero attached hydrogens (tertiary/aromatic N) is 2. The van der Waals surface area contributed by atoms with Crippen LogP contribution in [0.2, 0.25) is 0 Å². The van der Waals surface area contributed by atoms with Crippen LogP contribution in [0.15, 0.2) is 18.3 Å². The lowest BCUT2D eigenvalue weighted by Crippen LogP contribution is -2.31. The second kappa shape index (κ2) is 7.00. The number of aromatic nitrogens is 1. The van der Waals surface area contributed by atoms with Crippen LogP contribution in [-0.2, 0) is 6.54 Å². The first kappa shape index (κ1) is 13.7. The van der Waals surface area contributed by atoms with Crippen LogP contribution >= 0.6 is 11.8 Å². The van der Waals surface area contributed by atoms with Gasteiger partial charge in [-0.2, -0.15) is 11.8 Å². The van der Waals surface area contributed by atoms with Gasteiger partial charge in [-0.1, -0.05) is 6.92 Å². The molecule has 1 fully saturated rings. The molecule has 1 aromatic heterocycles. The van der Waals surface area contributed by atoms with Gasteiger partial charge < -0.3 is 10.2 Å². The van der Waals surface area contributed by atoms with E-state index < -0.39 is 0 Å². The summed E-state index contributed by atoms with van der Waals surface area (Å²) in [5.74, 6) is 2.55. The molecule has 1 saturated heterocycles. The third-order valence-electron chi connectivity index (χ3n) is 3.39. The smallest absolute Gasteiger partial charge is 0.0562 e. The van der Waals surface area contributed by atoms with E-state index in [1.165, 1.54) is 30.0 Å². The summed E-state index contributed by atoms with van der Waals surface area (Å²) < 4.78 is 0. The van der Waals surface area contributed by atoms with Crippen LogP contribution in [0.1, 0.15) is 25.5 Å². The fraction of sp³-hybridized carbons (Fsp3) is 0.643. The van der Waals surface area contributed by atoms with Gasteiger partial charge in [0.1, 0.15) is 0 Å². The number of nitrogens with one attached hydrogen (secondary N) is 1. The Morgan fingerprint density at radius 1 is 1.56 bits per heavy atom. The minimum absolute atomic E-state index is 0.689. The van der Waals surface area contributed by atoms with Crippen molar-refractivity contribution in [3.05, 3.63) is 24.0 Å². The van der Waals surface area contributed by atoms with Gasteiger partial charge in [0.2, 0.25) is 0 Å². The number of pyridine rings is 1. The molecule has 0 aromatic carbocycles. The molecule has 0 amide bonds. The molecule has 18 heavy (non-hydrogen) atoms. The molecule has 1 aliphatic rings. The topological polar surface area (TPSA) is 28.2 Å². The summed E-state index contributed by atoms with van der Waals surface area (Å²) in [4.78, 5) is 6.83. The van der Waals surface area contributed by atoms with Crippen molar-refractivity contribution in [3.63, 3.8) is 0 Å². The number of hydrogen-bond acceptors (Lipinski definition) is 4. The lowest BCUT2D eigenvalue weighted by atomic mass is 10.2. The Hall–Kier alpha value is -0.740. The lowest BCUT2D eigenvalue weighted by molar-refractivity contribution is 0.661. The molecule has 2 rings (SSSR count). The minimum atomic E-state index is 0.689. The molecule has 100 valence electrons. The number of thioether (sulfide) groups is 1. The Bertz CT molecular complexity index is 364. The Morgan fingerprint density at radius 3 is 3.17 bits per heavy atom. The van der Waals surface area contributed by atoms with Gasteiger partial charge in [0.25, 0.3) is 0 Å². The Labute approximate surface area is 114 Å². The third-order valence-corrected chi connectivity index (χ3v) is 4.54. The Balaban J connectivity index is 1.97. The van der Waals surface area contributed by atoms with Crippen LogP contribution < -0.4 is 10.2 Å². The van der Waals surface area contributed by atoms with Crippen molar-refractivity contribution >= 4 is 17.4 Å². The molecular weight excluding hydrogens is 242 g/mol. The first-order valence-corrected chi connectivity index (χ1v) is 7.93. The molecule has 1 unspecified atom stereocenters. The molecule has 0 saturated carbocycles. The van der Waals surface area contributed by atoms with Crippen molar-refractivity contribution in [1.29, 1.82) is 0 Å². The van der Waals surface area contributed by atoms with Gasteiger partial charge in [-0.3, -0.25) is 4.98 Å². The maximum Gasteiger partial charge on any atom is 0.0562 e. The molecule has 3 nitrogen and oxygen atoms in total. The highest BCUT2D eigenvalue weighted by molar-refractivity contribution is 7.99. The Kier molecular flexibility index (Phi) is 5.32. The molecule has 2 heterocycles. The molecule has 1 N–H and O–H groups in total. The lowest BCUT2D eigenvalue weighted by Gasteiger charge is -2.26. The zero-order valence-corrected chi connectivity index (χ0v) is 12.2. The number of hydrogen-bond donors (Lipinski definition) is 1. The largest absolute Gasteiger partial charge is 0.371 e. The van der Waals surface area contributed by atoms with Crippen molar-refractivity contribution in [2.45, 2.75) is 32.4 Å². The van der Waals surface area contributed by atoms with E-state index in [1.807, 2.05) is 6.20 Å². The second-order valence-electron chi connectivity index (χ2n) is 4.81. The van der Waals surface area contributed by atoms with Gasteiger partial charge in [0.05, 0.1) is 5.69 Å². The molecule has 1 aromatic rings. The second-order valence-corrected chi connectivity index (χ2v) is 5.96. The molecule has 1 atom stereocenters. The summed E-state index contributed by atoms with van der Waals surface area (Å²) in [5.41, 5.74) is 2.43. The van der Waals surface area contributed by atoms with Crippen LogP contribution in [0.25, 0.3) is 0 Å². The van der Waals surface area contributed by atoms with E-state index in [4.69, 9.17) is 0 Å². The van der Waals surface area contributed by atoms with Crippen LogP contribution in [0.5, 0.6) is 0 Å². The number of anilines is 1. The summed E-state index contributed by atoms with van der Waals surface area (Å²) in [7, 11) is 2.20. The van der Waals surface area contributed by atoms with Gasteiger partial charge in [-0.25, -0.2) is 0 Å². The average Bonchev–Trinajstić information content (AvgIpc) is 2.92. The predicted molar refractivity (Wildman–Crippen MR) is 80.4 cm³/mol. The quantitative estimate of drug-likeness (QED) is 0.800.